The molecule has 3 heterocycles. The lowest BCUT2D eigenvalue weighted by atomic mass is 10.1. The van der Waals surface area contributed by atoms with Gasteiger partial charge in [-0.3, -0.25) is 9.59 Å². The number of nitrogens with one attached hydrogen (secondary N) is 2. The molecule has 2 N–H and O–H groups in total. The largest absolute Gasteiger partial charge is 0.442 e. The fourth-order valence-electron chi connectivity index (χ4n) is 3.21. The molecule has 142 valence electrons. The molecule has 0 aliphatic carbocycles. The highest BCUT2D eigenvalue weighted by Crippen LogP contribution is 2.30. The van der Waals surface area contributed by atoms with Crippen LogP contribution in [0.1, 0.15) is 16.1 Å². The first-order valence-corrected chi connectivity index (χ1v) is 9.66. The van der Waals surface area contributed by atoms with Crippen LogP contribution in [0, 0.1) is 6.92 Å². The van der Waals surface area contributed by atoms with Crippen LogP contribution in [0.25, 0.3) is 31.9 Å². The Bertz CT molecular complexity index is 1400. The van der Waals surface area contributed by atoms with Gasteiger partial charge in [-0.2, -0.15) is 0 Å². The number of aromatic amines is 1. The molecule has 0 radical (unpaired) electrons. The highest BCUT2D eigenvalue weighted by atomic mass is 32.1. The highest BCUT2D eigenvalue weighted by Gasteiger charge is 2.21. The molecule has 1 amide bonds. The monoisotopic (exact) mass is 402 g/mol. The molecule has 0 saturated carbocycles. The van der Waals surface area contributed by atoms with Crippen LogP contribution in [0.4, 0.5) is 5.69 Å². The molecule has 7 nitrogen and oxygen atoms in total. The van der Waals surface area contributed by atoms with Crippen LogP contribution in [-0.2, 0) is 0 Å². The van der Waals surface area contributed by atoms with Crippen molar-refractivity contribution in [3.05, 3.63) is 76.5 Å². The molecule has 29 heavy (non-hydrogen) atoms. The van der Waals surface area contributed by atoms with Gasteiger partial charge in [0.05, 0.1) is 22.1 Å². The Morgan fingerprint density at radius 2 is 1.93 bits per heavy atom. The van der Waals surface area contributed by atoms with Gasteiger partial charge in [0.25, 0.3) is 11.5 Å². The molecule has 5 aromatic rings. The minimum absolute atomic E-state index is 0.141. The van der Waals surface area contributed by atoms with Crippen LogP contribution in [-0.4, -0.2) is 20.9 Å². The summed E-state index contributed by atoms with van der Waals surface area (Å²) in [6.45, 7) is 1.63. The van der Waals surface area contributed by atoms with E-state index >= 15 is 0 Å². The van der Waals surface area contributed by atoms with E-state index in [0.717, 1.165) is 20.8 Å². The summed E-state index contributed by atoms with van der Waals surface area (Å²) in [5.74, 6) is -0.0831. The topological polar surface area (TPSA) is 101 Å². The number of hydrogen-bond acceptors (Lipinski definition) is 6. The van der Waals surface area contributed by atoms with E-state index in [-0.39, 0.29) is 16.7 Å². The van der Waals surface area contributed by atoms with Crippen molar-refractivity contribution < 1.29 is 9.21 Å². The number of H-pyrrole nitrogens is 1. The number of carbonyl (C=O) groups is 1. The summed E-state index contributed by atoms with van der Waals surface area (Å²) in [4.78, 5) is 36.0. The average molecular weight is 402 g/mol. The fraction of sp³-hybridized carbons (Fsp3) is 0.0476. The molecule has 0 spiro atoms. The molecular weight excluding hydrogens is 388 g/mol. The zero-order valence-electron chi connectivity index (χ0n) is 15.2. The van der Waals surface area contributed by atoms with Crippen molar-refractivity contribution in [2.45, 2.75) is 6.92 Å². The Morgan fingerprint density at radius 3 is 2.72 bits per heavy atom. The van der Waals surface area contributed by atoms with Crippen molar-refractivity contribution in [1.82, 2.24) is 15.0 Å². The van der Waals surface area contributed by atoms with Crippen LogP contribution >= 0.6 is 11.3 Å². The third-order valence-electron chi connectivity index (χ3n) is 4.58. The number of aryl methyl sites for hydroxylation is 1. The average Bonchev–Trinajstić information content (AvgIpc) is 3.29. The highest BCUT2D eigenvalue weighted by molar-refractivity contribution is 7.21. The number of hydrogen-bond donors (Lipinski definition) is 2. The number of amides is 1. The van der Waals surface area contributed by atoms with Crippen molar-refractivity contribution >= 4 is 44.2 Å². The molecule has 8 heteroatoms. The number of nitrogens with zero attached hydrogens (tertiary/aromatic N) is 2. The summed E-state index contributed by atoms with van der Waals surface area (Å²) in [6.07, 6.45) is 1.25. The van der Waals surface area contributed by atoms with Gasteiger partial charge in [-0.05, 0) is 43.3 Å². The first-order chi connectivity index (χ1) is 14.1. The molecule has 0 bridgehead atoms. The van der Waals surface area contributed by atoms with Gasteiger partial charge in [-0.15, -0.1) is 11.3 Å². The number of anilines is 1. The number of carbonyl (C=O) groups excluding carboxylic acids is 1. The standard InChI is InChI=1S/C21H14N4O3S/c1-11-16(17-18(26)22-10-23-20(17)28-11)19(27)24-13-8-6-12(7-9-13)21-25-14-4-2-3-5-15(14)29-21/h2-10H,1H3,(H,24,27)(H,22,23,26). The van der Waals surface area contributed by atoms with Gasteiger partial charge in [0.15, 0.2) is 0 Å². The Labute approximate surface area is 168 Å². The van der Waals surface area contributed by atoms with Crippen molar-refractivity contribution in [1.29, 1.82) is 0 Å². The Morgan fingerprint density at radius 1 is 1.14 bits per heavy atom. The first-order valence-electron chi connectivity index (χ1n) is 8.84. The van der Waals surface area contributed by atoms with Gasteiger partial charge in [0, 0.05) is 11.3 Å². The van der Waals surface area contributed by atoms with Gasteiger partial charge in [0.2, 0.25) is 5.71 Å². The molecule has 0 fully saturated rings. The van der Waals surface area contributed by atoms with E-state index in [1.807, 2.05) is 36.4 Å². The number of thiazole rings is 1. The minimum Gasteiger partial charge on any atom is -0.442 e. The lowest BCUT2D eigenvalue weighted by Crippen LogP contribution is -2.16. The maximum atomic E-state index is 12.8. The molecule has 0 unspecified atom stereocenters. The predicted molar refractivity (Wildman–Crippen MR) is 112 cm³/mol. The van der Waals surface area contributed by atoms with E-state index in [4.69, 9.17) is 4.42 Å². The molecule has 0 aliphatic heterocycles. The van der Waals surface area contributed by atoms with Gasteiger partial charge in [-0.1, -0.05) is 12.1 Å². The molecule has 2 aromatic carbocycles. The second-order valence-corrected chi connectivity index (χ2v) is 7.49. The molecular formula is C21H14N4O3S. The van der Waals surface area contributed by atoms with E-state index < -0.39 is 11.5 Å². The predicted octanol–water partition coefficient (Wildman–Crippen LogP) is 4.35. The summed E-state index contributed by atoms with van der Waals surface area (Å²) in [6, 6.07) is 15.4. The zero-order valence-corrected chi connectivity index (χ0v) is 16.0. The lowest BCUT2D eigenvalue weighted by molar-refractivity contribution is 0.102. The number of furan rings is 1. The summed E-state index contributed by atoms with van der Waals surface area (Å²) < 4.78 is 6.57. The van der Waals surface area contributed by atoms with Crippen molar-refractivity contribution in [3.63, 3.8) is 0 Å². The van der Waals surface area contributed by atoms with Crippen LogP contribution in [0.15, 0.2) is 64.1 Å². The van der Waals surface area contributed by atoms with Gasteiger partial charge < -0.3 is 14.7 Å². The van der Waals surface area contributed by atoms with Gasteiger partial charge in [0.1, 0.15) is 16.2 Å². The molecule has 0 saturated heterocycles. The summed E-state index contributed by atoms with van der Waals surface area (Å²) in [7, 11) is 0. The summed E-state index contributed by atoms with van der Waals surface area (Å²) in [5.41, 5.74) is 2.45. The number of aromatic nitrogens is 3. The van der Waals surface area contributed by atoms with E-state index in [0.29, 0.717) is 11.4 Å². The summed E-state index contributed by atoms with van der Waals surface area (Å²) in [5, 5.41) is 3.88. The number of para-hydroxylation sites is 1. The van der Waals surface area contributed by atoms with E-state index in [1.54, 1.807) is 30.4 Å². The smallest absolute Gasteiger partial charge is 0.262 e. The third-order valence-corrected chi connectivity index (χ3v) is 5.67. The third kappa shape index (κ3) is 2.99. The normalized spacial score (nSPS) is 11.2. The minimum atomic E-state index is -0.424. The van der Waals surface area contributed by atoms with E-state index in [1.165, 1.54) is 6.33 Å². The molecule has 5 rings (SSSR count). The second-order valence-electron chi connectivity index (χ2n) is 6.46. The van der Waals surface area contributed by atoms with Crippen LogP contribution in [0.3, 0.4) is 0 Å². The Balaban J connectivity index is 1.43. The molecule has 0 atom stereocenters. The first kappa shape index (κ1) is 17.3. The molecule has 0 aliphatic rings. The van der Waals surface area contributed by atoms with Gasteiger partial charge in [-0.25, -0.2) is 9.97 Å². The Hall–Kier alpha value is -3.78. The molecule has 3 aromatic heterocycles. The number of rotatable bonds is 3. The number of benzene rings is 2. The zero-order chi connectivity index (χ0) is 20.0. The quantitative estimate of drug-likeness (QED) is 0.467. The van der Waals surface area contributed by atoms with Crippen LogP contribution in [0.2, 0.25) is 0 Å². The summed E-state index contributed by atoms with van der Waals surface area (Å²) >= 11 is 1.62. The SMILES string of the molecule is Cc1oc2nc[nH]c(=O)c2c1C(=O)Nc1ccc(-c2nc3ccccc3s2)cc1. The second kappa shape index (κ2) is 6.68. The van der Waals surface area contributed by atoms with E-state index in [9.17, 15) is 9.59 Å². The maximum absolute atomic E-state index is 12.8. The van der Waals surface area contributed by atoms with Crippen molar-refractivity contribution in [2.75, 3.05) is 5.32 Å². The van der Waals surface area contributed by atoms with Crippen LogP contribution in [0.5, 0.6) is 0 Å². The maximum Gasteiger partial charge on any atom is 0.262 e. The fourth-order valence-corrected chi connectivity index (χ4v) is 4.18. The van der Waals surface area contributed by atoms with Crippen molar-refractivity contribution in [2.24, 2.45) is 0 Å². The lowest BCUT2D eigenvalue weighted by Gasteiger charge is -2.05. The van der Waals surface area contributed by atoms with Crippen LogP contribution < -0.4 is 10.9 Å². The van der Waals surface area contributed by atoms with Crippen molar-refractivity contribution in [3.8, 4) is 10.6 Å². The van der Waals surface area contributed by atoms with E-state index in [2.05, 4.69) is 20.3 Å². The Kier molecular flexibility index (Phi) is 3.99. The van der Waals surface area contributed by atoms with Gasteiger partial charge >= 0.3 is 0 Å². The number of fused-ring (bicyclic) bond motifs is 2.